The third-order valence-electron chi connectivity index (χ3n) is 4.26. The summed E-state index contributed by atoms with van der Waals surface area (Å²) in [4.78, 5) is 6.82. The Morgan fingerprint density at radius 3 is 2.74 bits per heavy atom. The fourth-order valence-electron chi connectivity index (χ4n) is 2.66. The van der Waals surface area contributed by atoms with Gasteiger partial charge in [-0.05, 0) is 35.1 Å². The van der Waals surface area contributed by atoms with Crippen LogP contribution >= 0.6 is 11.6 Å². The predicted octanol–water partition coefficient (Wildman–Crippen LogP) is 3.88. The van der Waals surface area contributed by atoms with Gasteiger partial charge in [0.2, 0.25) is 0 Å². The Kier molecular flexibility index (Phi) is 5.93. The van der Waals surface area contributed by atoms with E-state index in [-0.39, 0.29) is 17.0 Å². The zero-order chi connectivity index (χ0) is 17.0. The first-order chi connectivity index (χ1) is 10.9. The number of aliphatic imine (C=N–C) groups is 1. The summed E-state index contributed by atoms with van der Waals surface area (Å²) in [5, 5.41) is 0. The van der Waals surface area contributed by atoms with Crippen molar-refractivity contribution in [3.63, 3.8) is 0 Å². The summed E-state index contributed by atoms with van der Waals surface area (Å²) in [7, 11) is 3.40. The normalized spacial score (nSPS) is 19.7. The molecule has 0 saturated heterocycles. The van der Waals surface area contributed by atoms with Gasteiger partial charge in [-0.3, -0.25) is 4.99 Å². The van der Waals surface area contributed by atoms with Gasteiger partial charge in [0.05, 0.1) is 26.1 Å². The summed E-state index contributed by atoms with van der Waals surface area (Å²) in [5.74, 6) is 0.877. The molecule has 23 heavy (non-hydrogen) atoms. The highest BCUT2D eigenvalue weighted by Crippen LogP contribution is 2.34. The highest BCUT2D eigenvalue weighted by molar-refractivity contribution is 6.21. The molecule has 0 amide bonds. The number of nitrogens with zero attached hydrogens (tertiary/aromatic N) is 2. The number of hydrogen-bond acceptors (Lipinski definition) is 3. The van der Waals surface area contributed by atoms with E-state index in [9.17, 15) is 0 Å². The highest BCUT2D eigenvalue weighted by atomic mass is 35.5. The third kappa shape index (κ3) is 4.39. The summed E-state index contributed by atoms with van der Waals surface area (Å²) in [6.45, 7) is 7.97. The van der Waals surface area contributed by atoms with Crippen LogP contribution < -0.4 is 4.74 Å². The maximum Gasteiger partial charge on any atom is 0.130 e. The maximum atomic E-state index is 6.65. The van der Waals surface area contributed by atoms with E-state index in [2.05, 4.69) is 31.7 Å². The molecule has 128 valence electrons. The number of hydrogen-bond donors (Lipinski definition) is 0. The zero-order valence-electron chi connectivity index (χ0n) is 14.7. The first-order valence-corrected chi connectivity index (χ1v) is 8.39. The molecule has 0 bridgehead atoms. The van der Waals surface area contributed by atoms with E-state index in [1.807, 2.05) is 18.5 Å². The summed E-state index contributed by atoms with van der Waals surface area (Å²) < 4.78 is 10.6. The zero-order valence-corrected chi connectivity index (χ0v) is 15.4. The van der Waals surface area contributed by atoms with Crippen LogP contribution in [-0.2, 0) is 11.2 Å². The molecule has 0 radical (unpaired) electrons. The van der Waals surface area contributed by atoms with Gasteiger partial charge in [-0.2, -0.15) is 0 Å². The molecule has 0 unspecified atom stereocenters. The summed E-state index contributed by atoms with van der Waals surface area (Å²) in [6, 6.07) is 6.18. The van der Waals surface area contributed by atoms with Crippen LogP contribution in [0.5, 0.6) is 5.75 Å². The smallest absolute Gasteiger partial charge is 0.130 e. The second-order valence-corrected chi connectivity index (χ2v) is 7.40. The van der Waals surface area contributed by atoms with Crippen LogP contribution in [0.1, 0.15) is 37.4 Å². The fraction of sp³-hybridized carbons (Fsp3) is 0.611. The van der Waals surface area contributed by atoms with Crippen molar-refractivity contribution in [2.75, 3.05) is 27.4 Å². The molecule has 1 aromatic carbocycles. The van der Waals surface area contributed by atoms with Gasteiger partial charge in [0.25, 0.3) is 0 Å². The molecular formula is C18H27ClN2O2. The number of fused-ring (bicyclic) bond motifs is 1. The molecule has 4 nitrogen and oxygen atoms in total. The number of rotatable bonds is 5. The highest BCUT2D eigenvalue weighted by Gasteiger charge is 2.26. The van der Waals surface area contributed by atoms with Crippen LogP contribution in [0.2, 0.25) is 0 Å². The van der Waals surface area contributed by atoms with Crippen LogP contribution in [0, 0.1) is 5.41 Å². The van der Waals surface area contributed by atoms with Crippen LogP contribution in [0.4, 0.5) is 0 Å². The van der Waals surface area contributed by atoms with Crippen molar-refractivity contribution in [3.8, 4) is 5.75 Å². The van der Waals surface area contributed by atoms with Crippen LogP contribution in [0.15, 0.2) is 23.2 Å². The molecule has 0 fully saturated rings. The molecule has 0 saturated carbocycles. The van der Waals surface area contributed by atoms with Crippen molar-refractivity contribution >= 4 is 17.9 Å². The minimum absolute atomic E-state index is 0.0510. The van der Waals surface area contributed by atoms with E-state index in [0.717, 1.165) is 24.3 Å². The monoisotopic (exact) mass is 338 g/mol. The lowest BCUT2D eigenvalue weighted by molar-refractivity contribution is 0.135. The van der Waals surface area contributed by atoms with E-state index in [1.165, 1.54) is 5.56 Å². The molecule has 1 heterocycles. The summed E-state index contributed by atoms with van der Waals surface area (Å²) >= 11 is 6.65. The SMILES string of the molecule is COC[C@@H](N=CN1CCc2cc(OC)ccc2[C@@H]1Cl)C(C)(C)C. The Morgan fingerprint density at radius 1 is 1.39 bits per heavy atom. The van der Waals surface area contributed by atoms with Gasteiger partial charge in [-0.15, -0.1) is 0 Å². The molecule has 0 aliphatic carbocycles. The van der Waals surface area contributed by atoms with Crippen molar-refractivity contribution < 1.29 is 9.47 Å². The average molecular weight is 339 g/mol. The molecule has 0 spiro atoms. The van der Waals surface area contributed by atoms with Gasteiger partial charge < -0.3 is 14.4 Å². The summed E-state index contributed by atoms with van der Waals surface area (Å²) in [6.07, 6.45) is 2.83. The quantitative estimate of drug-likeness (QED) is 0.353. The molecule has 1 aliphatic rings. The van der Waals surface area contributed by atoms with Crippen molar-refractivity contribution in [2.45, 2.75) is 38.7 Å². The van der Waals surface area contributed by atoms with Gasteiger partial charge in [0, 0.05) is 13.7 Å². The second-order valence-electron chi connectivity index (χ2n) is 6.99. The van der Waals surface area contributed by atoms with E-state index >= 15 is 0 Å². The first-order valence-electron chi connectivity index (χ1n) is 7.95. The van der Waals surface area contributed by atoms with E-state index < -0.39 is 0 Å². The average Bonchev–Trinajstić information content (AvgIpc) is 2.51. The van der Waals surface area contributed by atoms with Gasteiger partial charge in [-0.25, -0.2) is 0 Å². The number of ether oxygens (including phenoxy) is 2. The molecule has 0 aromatic heterocycles. The predicted molar refractivity (Wildman–Crippen MR) is 95.6 cm³/mol. The van der Waals surface area contributed by atoms with Crippen molar-refractivity contribution in [3.05, 3.63) is 29.3 Å². The van der Waals surface area contributed by atoms with E-state index in [1.54, 1.807) is 14.2 Å². The minimum atomic E-state index is -0.198. The Bertz CT molecular complexity index is 554. The number of methoxy groups -OCH3 is 2. The fourth-order valence-corrected chi connectivity index (χ4v) is 3.02. The minimum Gasteiger partial charge on any atom is -0.497 e. The summed E-state index contributed by atoms with van der Waals surface area (Å²) in [5.41, 5.74) is 2.23. The van der Waals surface area contributed by atoms with E-state index in [0.29, 0.717) is 6.61 Å². The number of benzene rings is 1. The lowest BCUT2D eigenvalue weighted by Crippen LogP contribution is -2.34. The van der Waals surface area contributed by atoms with Gasteiger partial charge in [-0.1, -0.05) is 38.4 Å². The molecule has 1 aliphatic heterocycles. The molecule has 0 N–H and O–H groups in total. The standard InChI is InChI=1S/C18H27ClN2O2/c1-18(2,3)16(11-22-4)20-12-21-9-8-13-10-14(23-5)6-7-15(13)17(21)19/h6-7,10,12,16-17H,8-9,11H2,1-5H3/t16-,17-/m1/s1. The number of halogens is 1. The lowest BCUT2D eigenvalue weighted by Gasteiger charge is -2.33. The lowest BCUT2D eigenvalue weighted by atomic mass is 9.88. The molecule has 2 rings (SSSR count). The molecule has 5 heteroatoms. The Balaban J connectivity index is 2.14. The largest absolute Gasteiger partial charge is 0.497 e. The third-order valence-corrected chi connectivity index (χ3v) is 4.74. The van der Waals surface area contributed by atoms with Crippen LogP contribution in [0.3, 0.4) is 0 Å². The Labute approximate surface area is 144 Å². The van der Waals surface area contributed by atoms with Crippen molar-refractivity contribution in [1.29, 1.82) is 0 Å². The first kappa shape index (κ1) is 18.1. The number of alkyl halides is 1. The van der Waals surface area contributed by atoms with Crippen molar-refractivity contribution in [1.82, 2.24) is 4.90 Å². The van der Waals surface area contributed by atoms with Crippen LogP contribution in [0.25, 0.3) is 0 Å². The van der Waals surface area contributed by atoms with Gasteiger partial charge in [0.1, 0.15) is 11.3 Å². The molecule has 1 aromatic rings. The molecular weight excluding hydrogens is 312 g/mol. The second kappa shape index (κ2) is 7.54. The topological polar surface area (TPSA) is 34.1 Å². The van der Waals surface area contributed by atoms with Gasteiger partial charge >= 0.3 is 0 Å². The van der Waals surface area contributed by atoms with E-state index in [4.69, 9.17) is 26.1 Å². The Hall–Kier alpha value is -1.26. The molecule has 2 atom stereocenters. The Morgan fingerprint density at radius 2 is 2.13 bits per heavy atom. The maximum absolute atomic E-state index is 6.65. The van der Waals surface area contributed by atoms with Crippen LogP contribution in [-0.4, -0.2) is 44.7 Å². The van der Waals surface area contributed by atoms with Crippen molar-refractivity contribution in [2.24, 2.45) is 10.4 Å². The van der Waals surface area contributed by atoms with Gasteiger partial charge in [0.15, 0.2) is 0 Å².